The minimum atomic E-state index is -3.96. The lowest BCUT2D eigenvalue weighted by Gasteiger charge is -2.25. The topological polar surface area (TPSA) is 134 Å². The van der Waals surface area contributed by atoms with E-state index in [0.29, 0.717) is 19.3 Å². The number of carbonyl (C=O) groups is 3. The van der Waals surface area contributed by atoms with Crippen LogP contribution in [-0.4, -0.2) is 49.6 Å². The highest BCUT2D eigenvalue weighted by molar-refractivity contribution is 7.89. The molecule has 34 heavy (non-hydrogen) atoms. The van der Waals surface area contributed by atoms with E-state index in [0.717, 1.165) is 11.1 Å². The van der Waals surface area contributed by atoms with E-state index in [1.807, 2.05) is 6.07 Å². The molecule has 182 valence electrons. The molecule has 9 nitrogen and oxygen atoms in total. The molecule has 0 radical (unpaired) electrons. The van der Waals surface area contributed by atoms with Crippen LogP contribution in [0.3, 0.4) is 0 Å². The molecule has 0 fully saturated rings. The number of ketones is 1. The first kappa shape index (κ1) is 25.5. The molecule has 2 bridgehead atoms. The Bertz CT molecular complexity index is 1140. The third-order valence-corrected chi connectivity index (χ3v) is 7.11. The van der Waals surface area contributed by atoms with Crippen LogP contribution in [-0.2, 0) is 37.2 Å². The molecule has 1 aromatic carbocycles. The van der Waals surface area contributed by atoms with E-state index in [1.54, 1.807) is 44.4 Å². The van der Waals surface area contributed by atoms with Crippen LogP contribution in [0, 0.1) is 5.92 Å². The van der Waals surface area contributed by atoms with Gasteiger partial charge >= 0.3 is 0 Å². The van der Waals surface area contributed by atoms with Gasteiger partial charge in [-0.1, -0.05) is 38.1 Å². The van der Waals surface area contributed by atoms with Crippen LogP contribution in [0.2, 0.25) is 0 Å². The van der Waals surface area contributed by atoms with Gasteiger partial charge in [-0.25, -0.2) is 8.42 Å². The lowest BCUT2D eigenvalue weighted by molar-refractivity contribution is -0.140. The van der Waals surface area contributed by atoms with Crippen LogP contribution < -0.4 is 15.4 Å². The molecule has 1 aliphatic heterocycles. The molecule has 0 spiro atoms. The number of Topliss-reactive ketones (excluding diaryl/α,β-unsaturated/α-hetero) is 1. The van der Waals surface area contributed by atoms with Crippen molar-refractivity contribution in [3.05, 3.63) is 59.9 Å². The molecule has 0 saturated carbocycles. The van der Waals surface area contributed by atoms with Crippen molar-refractivity contribution in [3.8, 4) is 0 Å². The smallest absolute Gasteiger partial charge is 0.289 e. The second-order valence-electron chi connectivity index (χ2n) is 8.68. The maximum Gasteiger partial charge on any atom is 0.289 e. The van der Waals surface area contributed by atoms with Gasteiger partial charge in [0.05, 0.1) is 10.9 Å². The Morgan fingerprint density at radius 3 is 2.44 bits per heavy atom. The molecule has 2 heterocycles. The Morgan fingerprint density at radius 2 is 1.76 bits per heavy atom. The Labute approximate surface area is 199 Å². The molecule has 0 aliphatic carbocycles. The van der Waals surface area contributed by atoms with Crippen LogP contribution in [0.15, 0.2) is 53.7 Å². The predicted molar refractivity (Wildman–Crippen MR) is 126 cm³/mol. The summed E-state index contributed by atoms with van der Waals surface area (Å²) in [6.45, 7) is 3.67. The van der Waals surface area contributed by atoms with Crippen molar-refractivity contribution in [1.82, 2.24) is 20.3 Å². The van der Waals surface area contributed by atoms with Gasteiger partial charge in [0.2, 0.25) is 21.7 Å². The summed E-state index contributed by atoms with van der Waals surface area (Å²) in [7, 11) is -3.96. The number of carbonyl (C=O) groups excluding carboxylic acids is 3. The highest BCUT2D eigenvalue weighted by atomic mass is 32.2. The third-order valence-electron chi connectivity index (χ3n) is 5.65. The largest absolute Gasteiger partial charge is 0.349 e. The first-order chi connectivity index (χ1) is 16.2. The number of hydrogen-bond acceptors (Lipinski definition) is 6. The highest BCUT2D eigenvalue weighted by Gasteiger charge is 2.33. The maximum absolute atomic E-state index is 13.1. The first-order valence-electron chi connectivity index (χ1n) is 11.3. The van der Waals surface area contributed by atoms with Crippen molar-refractivity contribution < 1.29 is 22.8 Å². The van der Waals surface area contributed by atoms with Gasteiger partial charge in [-0.05, 0) is 54.9 Å². The molecule has 2 amide bonds. The fraction of sp³-hybridized carbons (Fsp3) is 0.417. The summed E-state index contributed by atoms with van der Waals surface area (Å²) in [6, 6.07) is 7.57. The predicted octanol–water partition coefficient (Wildman–Crippen LogP) is 1.13. The Balaban J connectivity index is 1.76. The summed E-state index contributed by atoms with van der Waals surface area (Å²) >= 11 is 0. The summed E-state index contributed by atoms with van der Waals surface area (Å²) in [6.07, 6.45) is 5.44. The summed E-state index contributed by atoms with van der Waals surface area (Å²) in [5.74, 6) is -2.58. The molecule has 1 aliphatic rings. The van der Waals surface area contributed by atoms with Gasteiger partial charge < -0.3 is 10.6 Å². The quantitative estimate of drug-likeness (QED) is 0.524. The lowest BCUT2D eigenvalue weighted by Crippen LogP contribution is -2.55. The molecule has 2 aromatic rings. The van der Waals surface area contributed by atoms with E-state index in [2.05, 4.69) is 20.3 Å². The normalized spacial score (nSPS) is 18.4. The van der Waals surface area contributed by atoms with Crippen molar-refractivity contribution in [2.75, 3.05) is 6.54 Å². The number of benzene rings is 1. The van der Waals surface area contributed by atoms with E-state index in [1.165, 1.54) is 12.1 Å². The van der Waals surface area contributed by atoms with Crippen LogP contribution in [0.5, 0.6) is 0 Å². The average Bonchev–Trinajstić information content (AvgIpc) is 2.81. The molecular formula is C24H30N4O5S. The molecule has 3 N–H and O–H groups in total. The molecule has 0 saturated heterocycles. The minimum Gasteiger partial charge on any atom is -0.349 e. The standard InChI is InChI=1S/C24H30N4O5S/c1-16(2)21(28-34(32,33)19-8-4-3-5-9-19)23(30)27-20-10-6-7-17-13-18(15-25-14-17)11-12-26-24(31)22(20)29/h3-5,8-9,13-16,20-21,28H,6-7,10-12H2,1-2H3,(H,26,31)(H,27,30). The zero-order valence-corrected chi connectivity index (χ0v) is 20.1. The number of hydrogen-bond donors (Lipinski definition) is 3. The summed E-state index contributed by atoms with van der Waals surface area (Å²) < 4.78 is 28.0. The monoisotopic (exact) mass is 486 g/mol. The van der Waals surface area contributed by atoms with Crippen molar-refractivity contribution in [2.24, 2.45) is 5.92 Å². The van der Waals surface area contributed by atoms with Crippen LogP contribution in [0.1, 0.15) is 37.8 Å². The van der Waals surface area contributed by atoms with Crippen molar-refractivity contribution in [2.45, 2.75) is 56.5 Å². The number of aryl methyl sites for hydroxylation is 1. The molecule has 2 atom stereocenters. The number of amides is 2. The number of nitrogens with zero attached hydrogens (tertiary/aromatic N) is 1. The number of fused-ring (bicyclic) bond motifs is 2. The number of pyridine rings is 1. The fourth-order valence-corrected chi connectivity index (χ4v) is 5.11. The molecule has 3 rings (SSSR count). The minimum absolute atomic E-state index is 0.0331. The number of rotatable bonds is 6. The molecule has 2 unspecified atom stereocenters. The van der Waals surface area contributed by atoms with Crippen molar-refractivity contribution in [3.63, 3.8) is 0 Å². The fourth-order valence-electron chi connectivity index (χ4n) is 3.75. The SMILES string of the molecule is CC(C)C(NS(=O)(=O)c1ccccc1)C(=O)NC1CCCc2cncc(c2)CCNC(=O)C1=O. The lowest BCUT2D eigenvalue weighted by atomic mass is 9.99. The van der Waals surface area contributed by atoms with Gasteiger partial charge in [-0.3, -0.25) is 19.4 Å². The van der Waals surface area contributed by atoms with Gasteiger partial charge in [0, 0.05) is 18.9 Å². The van der Waals surface area contributed by atoms with Crippen LogP contribution >= 0.6 is 0 Å². The van der Waals surface area contributed by atoms with Crippen LogP contribution in [0.25, 0.3) is 0 Å². The second kappa shape index (κ2) is 11.3. The van der Waals surface area contributed by atoms with E-state index in [4.69, 9.17) is 0 Å². The van der Waals surface area contributed by atoms with Gasteiger partial charge in [0.15, 0.2) is 0 Å². The molecule has 10 heteroatoms. The summed E-state index contributed by atoms with van der Waals surface area (Å²) in [5, 5.41) is 5.22. The zero-order chi connectivity index (χ0) is 24.7. The van der Waals surface area contributed by atoms with E-state index < -0.39 is 45.6 Å². The highest BCUT2D eigenvalue weighted by Crippen LogP contribution is 2.14. The van der Waals surface area contributed by atoms with Gasteiger partial charge in [0.25, 0.3) is 5.91 Å². The van der Waals surface area contributed by atoms with Gasteiger partial charge in [0.1, 0.15) is 6.04 Å². The zero-order valence-electron chi connectivity index (χ0n) is 19.3. The Kier molecular flexibility index (Phi) is 8.51. The van der Waals surface area contributed by atoms with E-state index >= 15 is 0 Å². The third kappa shape index (κ3) is 6.71. The van der Waals surface area contributed by atoms with E-state index in [-0.39, 0.29) is 17.9 Å². The molecular weight excluding hydrogens is 456 g/mol. The number of aromatic nitrogens is 1. The first-order valence-corrected chi connectivity index (χ1v) is 12.8. The number of nitrogens with one attached hydrogen (secondary N) is 3. The molecule has 1 aromatic heterocycles. The van der Waals surface area contributed by atoms with E-state index in [9.17, 15) is 22.8 Å². The van der Waals surface area contributed by atoms with Crippen molar-refractivity contribution >= 4 is 27.6 Å². The van der Waals surface area contributed by atoms with Gasteiger partial charge in [-0.15, -0.1) is 0 Å². The number of sulfonamides is 1. The summed E-state index contributed by atoms with van der Waals surface area (Å²) in [5.41, 5.74) is 1.98. The van der Waals surface area contributed by atoms with Gasteiger partial charge in [-0.2, -0.15) is 4.72 Å². The second-order valence-corrected chi connectivity index (χ2v) is 10.4. The maximum atomic E-state index is 13.1. The summed E-state index contributed by atoms with van der Waals surface area (Å²) in [4.78, 5) is 42.6. The Hall–Kier alpha value is -3.11. The van der Waals surface area contributed by atoms with Crippen LogP contribution in [0.4, 0.5) is 0 Å². The average molecular weight is 487 g/mol. The van der Waals surface area contributed by atoms with Crippen molar-refractivity contribution in [1.29, 1.82) is 0 Å². The Morgan fingerprint density at radius 1 is 1.09 bits per heavy atom.